The number of rotatable bonds is 0. The van der Waals surface area contributed by atoms with Crippen LogP contribution in [0.2, 0.25) is 0 Å². The molecular weight excluding hydrogens is 330 g/mol. The first-order valence-electron chi connectivity index (χ1n) is 3.19. The molecule has 0 radical (unpaired) electrons. The van der Waals surface area contributed by atoms with Crippen LogP contribution >= 0.6 is 34.8 Å². The number of carboxylic acid groups (broad SMARTS) is 2. The molecule has 0 saturated carbocycles. The van der Waals surface area contributed by atoms with Gasteiger partial charge in [-0.3, -0.25) is 0 Å². The van der Waals surface area contributed by atoms with E-state index < -0.39 is 22.0 Å². The third kappa shape index (κ3) is 64.0. The van der Waals surface area contributed by atoms with Gasteiger partial charge in [0.05, 0.1) is 0 Å². The van der Waals surface area contributed by atoms with E-state index in [0.717, 1.165) is 13.8 Å². The Morgan fingerprint density at radius 1 is 1.06 bits per heavy atom. The zero-order valence-corrected chi connectivity index (χ0v) is 11.5. The van der Waals surface area contributed by atoms with Crippen LogP contribution < -0.4 is 10.2 Å². The summed E-state index contributed by atoms with van der Waals surface area (Å²) in [5, 5.41) is 33.9. The van der Waals surface area contributed by atoms with Crippen molar-refractivity contribution >= 4 is 46.7 Å². The summed E-state index contributed by atoms with van der Waals surface area (Å²) < 4.78 is -1.97. The van der Waals surface area contributed by atoms with Crippen molar-refractivity contribution in [2.24, 2.45) is 0 Å². The van der Waals surface area contributed by atoms with E-state index in [9.17, 15) is 0 Å². The molecule has 98 valence electrons. The Kier molecular flexibility index (Phi) is 21.0. The molecule has 0 amide bonds. The number of aliphatic carboxylic acids is 2. The van der Waals surface area contributed by atoms with Gasteiger partial charge < -0.3 is 30.0 Å². The molecule has 0 saturated heterocycles. The van der Waals surface area contributed by atoms with E-state index in [2.05, 4.69) is 0 Å². The van der Waals surface area contributed by atoms with E-state index >= 15 is 0 Å². The standard InChI is InChI=1S/C2H3Cl3O2.2C2H4O2.Fe/c3-2(4,5)1(6)7;2*1-2(3)4;/h1,6-7H;2*1H3,(H,3,4);/q;;;+2/p-2. The summed E-state index contributed by atoms with van der Waals surface area (Å²) in [4.78, 5) is 17.8. The average molecular weight is 339 g/mol. The van der Waals surface area contributed by atoms with Crippen LogP contribution in [0.5, 0.6) is 0 Å². The Hall–Kier alpha value is 0.249. The maximum Gasteiger partial charge on any atom is 2.00 e. The molecule has 0 aliphatic carbocycles. The molecule has 10 heteroatoms. The normalized spacial score (nSPS) is 8.75. The van der Waals surface area contributed by atoms with Gasteiger partial charge in [-0.05, 0) is 13.8 Å². The minimum atomic E-state index is -1.97. The summed E-state index contributed by atoms with van der Waals surface area (Å²) in [5.74, 6) is -2.17. The zero-order valence-electron chi connectivity index (χ0n) is 8.09. The van der Waals surface area contributed by atoms with Crippen LogP contribution in [-0.2, 0) is 26.7 Å². The van der Waals surface area contributed by atoms with Gasteiger partial charge in [0.15, 0.2) is 6.29 Å². The number of carboxylic acids is 2. The number of hydrogen-bond acceptors (Lipinski definition) is 6. The first-order valence-corrected chi connectivity index (χ1v) is 4.32. The number of alkyl halides is 3. The van der Waals surface area contributed by atoms with Crippen LogP contribution in [0.4, 0.5) is 0 Å². The summed E-state index contributed by atoms with van der Waals surface area (Å²) >= 11 is 14.7. The van der Waals surface area contributed by atoms with Gasteiger partial charge >= 0.3 is 17.1 Å². The Bertz CT molecular complexity index is 173. The number of aliphatic hydroxyl groups is 2. The van der Waals surface area contributed by atoms with Gasteiger partial charge in [-0.2, -0.15) is 0 Å². The largest absolute Gasteiger partial charge is 2.00 e. The number of hydrogen-bond donors (Lipinski definition) is 2. The first kappa shape index (κ1) is 25.2. The fourth-order valence-corrected chi connectivity index (χ4v) is 0. The Morgan fingerprint density at radius 3 is 1.12 bits per heavy atom. The summed E-state index contributed by atoms with van der Waals surface area (Å²) in [6, 6.07) is 0. The van der Waals surface area contributed by atoms with E-state index in [1.54, 1.807) is 0 Å². The third-order valence-corrected chi connectivity index (χ3v) is 0.878. The number of aliphatic hydroxyl groups excluding tert-OH is 1. The number of carbonyl (C=O) groups is 2. The molecular formula is C6H9Cl3FeO6. The van der Waals surface area contributed by atoms with Gasteiger partial charge in [0.25, 0.3) is 0 Å². The molecule has 0 aromatic rings. The molecule has 0 bridgehead atoms. The fraction of sp³-hybridized carbons (Fsp3) is 0.667. The molecule has 0 heterocycles. The zero-order chi connectivity index (χ0) is 13.2. The molecule has 0 rings (SSSR count). The predicted octanol–water partition coefficient (Wildman–Crippen LogP) is -1.82. The van der Waals surface area contributed by atoms with Gasteiger partial charge in [-0.25, -0.2) is 0 Å². The summed E-state index contributed by atoms with van der Waals surface area (Å²) in [6.45, 7) is 1.94. The number of halogens is 3. The van der Waals surface area contributed by atoms with Crippen LogP contribution in [0.3, 0.4) is 0 Å². The van der Waals surface area contributed by atoms with E-state index in [4.69, 9.17) is 64.8 Å². The summed E-state index contributed by atoms with van der Waals surface area (Å²) in [6.07, 6.45) is -1.91. The second kappa shape index (κ2) is 13.3. The van der Waals surface area contributed by atoms with Gasteiger partial charge in [0, 0.05) is 11.9 Å². The molecule has 0 unspecified atom stereocenters. The second-order valence-corrected chi connectivity index (χ2v) is 4.27. The van der Waals surface area contributed by atoms with Gasteiger partial charge in [0.1, 0.15) is 0 Å². The van der Waals surface area contributed by atoms with Crippen molar-refractivity contribution in [3.05, 3.63) is 0 Å². The smallest absolute Gasteiger partial charge is 0.550 e. The molecule has 0 fully saturated rings. The van der Waals surface area contributed by atoms with Crippen LogP contribution in [0.25, 0.3) is 0 Å². The van der Waals surface area contributed by atoms with Crippen molar-refractivity contribution in [2.75, 3.05) is 0 Å². The summed E-state index contributed by atoms with van der Waals surface area (Å²) in [7, 11) is 0. The third-order valence-electron chi connectivity index (χ3n) is 0.293. The molecule has 0 aliphatic heterocycles. The van der Waals surface area contributed by atoms with Crippen molar-refractivity contribution < 1.29 is 47.1 Å². The van der Waals surface area contributed by atoms with Gasteiger partial charge in [0.2, 0.25) is 3.79 Å². The van der Waals surface area contributed by atoms with Crippen LogP contribution in [0.1, 0.15) is 13.8 Å². The molecule has 6 nitrogen and oxygen atoms in total. The monoisotopic (exact) mass is 338 g/mol. The minimum Gasteiger partial charge on any atom is -0.550 e. The average Bonchev–Trinajstić information content (AvgIpc) is 1.80. The van der Waals surface area contributed by atoms with E-state index in [-0.39, 0.29) is 17.1 Å². The Balaban J connectivity index is -0.0000000700. The van der Waals surface area contributed by atoms with Crippen molar-refractivity contribution in [3.8, 4) is 0 Å². The van der Waals surface area contributed by atoms with Crippen LogP contribution in [0.15, 0.2) is 0 Å². The molecule has 0 aromatic carbocycles. The van der Waals surface area contributed by atoms with E-state index in [1.807, 2.05) is 0 Å². The maximum atomic E-state index is 8.89. The first-order chi connectivity index (χ1) is 6.41. The molecule has 16 heavy (non-hydrogen) atoms. The Morgan fingerprint density at radius 2 is 1.12 bits per heavy atom. The molecule has 0 aliphatic rings. The second-order valence-electron chi connectivity index (χ2n) is 1.90. The van der Waals surface area contributed by atoms with Crippen LogP contribution in [0, 0.1) is 0 Å². The van der Waals surface area contributed by atoms with Crippen molar-refractivity contribution in [1.29, 1.82) is 0 Å². The van der Waals surface area contributed by atoms with Crippen molar-refractivity contribution in [3.63, 3.8) is 0 Å². The fourth-order valence-electron chi connectivity index (χ4n) is 0. The van der Waals surface area contributed by atoms with Crippen molar-refractivity contribution in [1.82, 2.24) is 0 Å². The quantitative estimate of drug-likeness (QED) is 0.304. The molecule has 2 N–H and O–H groups in total. The Labute approximate surface area is 118 Å². The number of carbonyl (C=O) groups excluding carboxylic acids is 2. The minimum absolute atomic E-state index is 0. The molecule has 0 aromatic heterocycles. The topological polar surface area (TPSA) is 121 Å². The SMILES string of the molecule is CC(=O)[O-].CC(=O)[O-].OC(O)C(Cl)(Cl)Cl.[Fe+2]. The predicted molar refractivity (Wildman–Crippen MR) is 49.9 cm³/mol. The van der Waals surface area contributed by atoms with Crippen molar-refractivity contribution in [2.45, 2.75) is 23.9 Å². The van der Waals surface area contributed by atoms with E-state index in [0.29, 0.717) is 0 Å². The van der Waals surface area contributed by atoms with Gasteiger partial charge in [-0.15, -0.1) is 0 Å². The molecule has 0 spiro atoms. The summed E-state index contributed by atoms with van der Waals surface area (Å²) in [5.41, 5.74) is 0. The van der Waals surface area contributed by atoms with E-state index in [1.165, 1.54) is 0 Å². The van der Waals surface area contributed by atoms with Crippen LogP contribution in [-0.4, -0.2) is 32.2 Å². The molecule has 0 atom stereocenters. The van der Waals surface area contributed by atoms with Gasteiger partial charge in [-0.1, -0.05) is 34.8 Å². The maximum absolute atomic E-state index is 8.89.